The molecular formula is C16H16Br3N. The molecule has 0 saturated heterocycles. The number of benzene rings is 2. The first kappa shape index (κ1) is 16.2. The molecule has 1 unspecified atom stereocenters. The number of rotatable bonds is 5. The fraction of sp³-hybridized carbons (Fsp3) is 0.250. The fourth-order valence-electron chi connectivity index (χ4n) is 2.23. The van der Waals surface area contributed by atoms with Gasteiger partial charge in [-0.2, -0.15) is 0 Å². The molecule has 20 heavy (non-hydrogen) atoms. The molecule has 4 heteroatoms. The van der Waals surface area contributed by atoms with Crippen LogP contribution in [0.3, 0.4) is 0 Å². The van der Waals surface area contributed by atoms with Gasteiger partial charge in [0.25, 0.3) is 0 Å². The van der Waals surface area contributed by atoms with E-state index in [1.807, 2.05) is 0 Å². The van der Waals surface area contributed by atoms with Crippen LogP contribution in [0.25, 0.3) is 0 Å². The van der Waals surface area contributed by atoms with Gasteiger partial charge in [-0.05, 0) is 54.4 Å². The Morgan fingerprint density at radius 2 is 1.65 bits per heavy atom. The van der Waals surface area contributed by atoms with Gasteiger partial charge in [0.2, 0.25) is 0 Å². The minimum atomic E-state index is 0.308. The molecule has 0 radical (unpaired) electrons. The topological polar surface area (TPSA) is 12.0 Å². The summed E-state index contributed by atoms with van der Waals surface area (Å²) in [6.45, 7) is 3.09. The second kappa shape index (κ2) is 7.74. The number of likely N-dealkylation sites (N-methyl/N-ethyl adjacent to an activating group) is 1. The standard InChI is InChI=1S/C16H16Br3N/c1-2-20-16(7-11-4-3-5-13(17)6-11)12-8-14(18)10-15(19)9-12/h3-6,8-10,16,20H,2,7H2,1H3. The third-order valence-electron chi connectivity index (χ3n) is 3.07. The van der Waals surface area contributed by atoms with Crippen molar-refractivity contribution in [2.75, 3.05) is 6.54 Å². The third-order valence-corrected chi connectivity index (χ3v) is 4.48. The average Bonchev–Trinajstić information content (AvgIpc) is 2.37. The molecule has 0 spiro atoms. The number of halogens is 3. The lowest BCUT2D eigenvalue weighted by Crippen LogP contribution is -2.23. The summed E-state index contributed by atoms with van der Waals surface area (Å²) in [5.74, 6) is 0. The summed E-state index contributed by atoms with van der Waals surface area (Å²) in [6.07, 6.45) is 0.968. The molecule has 2 aromatic carbocycles. The maximum Gasteiger partial charge on any atom is 0.0361 e. The van der Waals surface area contributed by atoms with E-state index in [0.29, 0.717) is 6.04 Å². The molecule has 0 amide bonds. The molecule has 0 aromatic heterocycles. The zero-order valence-corrected chi connectivity index (χ0v) is 15.9. The van der Waals surface area contributed by atoms with Crippen molar-refractivity contribution in [1.82, 2.24) is 5.32 Å². The average molecular weight is 462 g/mol. The molecule has 1 nitrogen and oxygen atoms in total. The predicted molar refractivity (Wildman–Crippen MR) is 96.1 cm³/mol. The van der Waals surface area contributed by atoms with E-state index in [0.717, 1.165) is 26.4 Å². The van der Waals surface area contributed by atoms with E-state index in [4.69, 9.17) is 0 Å². The van der Waals surface area contributed by atoms with Crippen LogP contribution in [0.1, 0.15) is 24.1 Å². The Morgan fingerprint density at radius 1 is 0.950 bits per heavy atom. The van der Waals surface area contributed by atoms with Crippen LogP contribution < -0.4 is 5.32 Å². The van der Waals surface area contributed by atoms with Crippen LogP contribution >= 0.6 is 47.8 Å². The Labute approximate surface area is 145 Å². The molecule has 0 bridgehead atoms. The van der Waals surface area contributed by atoms with E-state index in [1.54, 1.807) is 0 Å². The van der Waals surface area contributed by atoms with Crippen LogP contribution in [-0.4, -0.2) is 6.54 Å². The number of hydrogen-bond donors (Lipinski definition) is 1. The maximum absolute atomic E-state index is 3.56. The van der Waals surface area contributed by atoms with Gasteiger partial charge in [0.15, 0.2) is 0 Å². The van der Waals surface area contributed by atoms with Crippen molar-refractivity contribution >= 4 is 47.8 Å². The van der Waals surface area contributed by atoms with Crippen molar-refractivity contribution in [1.29, 1.82) is 0 Å². The lowest BCUT2D eigenvalue weighted by molar-refractivity contribution is 0.549. The van der Waals surface area contributed by atoms with E-state index >= 15 is 0 Å². The smallest absolute Gasteiger partial charge is 0.0361 e. The largest absolute Gasteiger partial charge is 0.310 e. The molecule has 2 aromatic rings. The van der Waals surface area contributed by atoms with E-state index in [1.165, 1.54) is 11.1 Å². The van der Waals surface area contributed by atoms with Crippen molar-refractivity contribution in [3.8, 4) is 0 Å². The number of hydrogen-bond acceptors (Lipinski definition) is 1. The number of nitrogens with one attached hydrogen (secondary N) is 1. The van der Waals surface area contributed by atoms with Crippen LogP contribution in [-0.2, 0) is 6.42 Å². The summed E-state index contributed by atoms with van der Waals surface area (Å²) >= 11 is 10.7. The SMILES string of the molecule is CCNC(Cc1cccc(Br)c1)c1cc(Br)cc(Br)c1. The second-order valence-electron chi connectivity index (χ2n) is 4.65. The van der Waals surface area contributed by atoms with Crippen LogP contribution in [0.5, 0.6) is 0 Å². The first-order valence-electron chi connectivity index (χ1n) is 6.52. The van der Waals surface area contributed by atoms with Gasteiger partial charge in [-0.15, -0.1) is 0 Å². The van der Waals surface area contributed by atoms with Gasteiger partial charge in [-0.3, -0.25) is 0 Å². The highest BCUT2D eigenvalue weighted by atomic mass is 79.9. The molecule has 0 aliphatic rings. The third kappa shape index (κ3) is 4.69. The molecule has 1 atom stereocenters. The summed E-state index contributed by atoms with van der Waals surface area (Å²) in [4.78, 5) is 0. The van der Waals surface area contributed by atoms with Crippen LogP contribution in [0, 0.1) is 0 Å². The normalized spacial score (nSPS) is 12.4. The Bertz CT molecular complexity index is 563. The van der Waals surface area contributed by atoms with E-state index in [2.05, 4.69) is 102 Å². The molecule has 106 valence electrons. The Balaban J connectivity index is 2.26. The summed E-state index contributed by atoms with van der Waals surface area (Å²) in [6, 6.07) is 15.2. The van der Waals surface area contributed by atoms with E-state index < -0.39 is 0 Å². The van der Waals surface area contributed by atoms with Crippen molar-refractivity contribution < 1.29 is 0 Å². The Morgan fingerprint density at radius 3 is 2.25 bits per heavy atom. The first-order valence-corrected chi connectivity index (χ1v) is 8.90. The molecular weight excluding hydrogens is 446 g/mol. The van der Waals surface area contributed by atoms with Crippen LogP contribution in [0.15, 0.2) is 55.9 Å². The van der Waals surface area contributed by atoms with E-state index in [9.17, 15) is 0 Å². The highest BCUT2D eigenvalue weighted by Gasteiger charge is 2.12. The lowest BCUT2D eigenvalue weighted by Gasteiger charge is -2.19. The molecule has 1 N–H and O–H groups in total. The van der Waals surface area contributed by atoms with Gasteiger partial charge < -0.3 is 5.32 Å². The van der Waals surface area contributed by atoms with Gasteiger partial charge in [0.05, 0.1) is 0 Å². The van der Waals surface area contributed by atoms with Gasteiger partial charge in [0.1, 0.15) is 0 Å². The molecule has 0 aliphatic heterocycles. The molecule has 0 aliphatic carbocycles. The van der Waals surface area contributed by atoms with Crippen LogP contribution in [0.2, 0.25) is 0 Å². The molecule has 0 saturated carbocycles. The predicted octanol–water partition coefficient (Wildman–Crippen LogP) is 5.87. The summed E-state index contributed by atoms with van der Waals surface area (Å²) in [5, 5.41) is 3.56. The monoisotopic (exact) mass is 459 g/mol. The summed E-state index contributed by atoms with van der Waals surface area (Å²) in [7, 11) is 0. The van der Waals surface area contributed by atoms with Gasteiger partial charge in [-0.1, -0.05) is 66.8 Å². The minimum Gasteiger partial charge on any atom is -0.310 e. The van der Waals surface area contributed by atoms with Gasteiger partial charge in [0, 0.05) is 19.5 Å². The fourth-order valence-corrected chi connectivity index (χ4v) is 4.01. The highest BCUT2D eigenvalue weighted by molar-refractivity contribution is 9.11. The van der Waals surface area contributed by atoms with Crippen molar-refractivity contribution in [2.24, 2.45) is 0 Å². The van der Waals surface area contributed by atoms with Crippen molar-refractivity contribution in [2.45, 2.75) is 19.4 Å². The first-order chi connectivity index (χ1) is 9.58. The van der Waals surface area contributed by atoms with Crippen molar-refractivity contribution in [3.63, 3.8) is 0 Å². The Kier molecular flexibility index (Phi) is 6.27. The van der Waals surface area contributed by atoms with Gasteiger partial charge >= 0.3 is 0 Å². The van der Waals surface area contributed by atoms with E-state index in [-0.39, 0.29) is 0 Å². The highest BCUT2D eigenvalue weighted by Crippen LogP contribution is 2.27. The Hall–Kier alpha value is -0.160. The van der Waals surface area contributed by atoms with Gasteiger partial charge in [-0.25, -0.2) is 0 Å². The molecule has 0 heterocycles. The zero-order valence-electron chi connectivity index (χ0n) is 11.2. The quantitative estimate of drug-likeness (QED) is 0.587. The minimum absolute atomic E-state index is 0.308. The van der Waals surface area contributed by atoms with Crippen LogP contribution in [0.4, 0.5) is 0 Å². The maximum atomic E-state index is 3.56. The molecule has 2 rings (SSSR count). The zero-order chi connectivity index (χ0) is 14.5. The van der Waals surface area contributed by atoms with Crippen molar-refractivity contribution in [3.05, 3.63) is 67.0 Å². The molecule has 0 fully saturated rings. The summed E-state index contributed by atoms with van der Waals surface area (Å²) < 4.78 is 3.32. The second-order valence-corrected chi connectivity index (χ2v) is 7.39. The summed E-state index contributed by atoms with van der Waals surface area (Å²) in [5.41, 5.74) is 2.61. The lowest BCUT2D eigenvalue weighted by atomic mass is 9.99.